The molecule has 1 aromatic heterocycles. The minimum atomic E-state index is 0.983. The van der Waals surface area contributed by atoms with Crippen molar-refractivity contribution in [2.45, 2.75) is 27.3 Å². The van der Waals surface area contributed by atoms with Gasteiger partial charge in [0, 0.05) is 44.6 Å². The van der Waals surface area contributed by atoms with Gasteiger partial charge in [-0.25, -0.2) is 0 Å². The van der Waals surface area contributed by atoms with Gasteiger partial charge in [-0.1, -0.05) is 12.1 Å². The van der Waals surface area contributed by atoms with Crippen molar-refractivity contribution < 1.29 is 0 Å². The zero-order chi connectivity index (χ0) is 15.5. The quantitative estimate of drug-likeness (QED) is 0.867. The molecule has 1 fully saturated rings. The van der Waals surface area contributed by atoms with Crippen molar-refractivity contribution >= 4 is 5.69 Å². The van der Waals surface area contributed by atoms with E-state index in [1.165, 1.54) is 22.4 Å². The summed E-state index contributed by atoms with van der Waals surface area (Å²) in [6, 6.07) is 6.75. The minimum Gasteiger partial charge on any atom is -0.369 e. The Morgan fingerprint density at radius 1 is 0.955 bits per heavy atom. The lowest BCUT2D eigenvalue weighted by molar-refractivity contribution is 0.244. The molecule has 2 aromatic rings. The van der Waals surface area contributed by atoms with Gasteiger partial charge in [-0.15, -0.1) is 0 Å². The molecule has 0 atom stereocenters. The Kier molecular flexibility index (Phi) is 4.48. The average Bonchev–Trinajstić information content (AvgIpc) is 2.94. The van der Waals surface area contributed by atoms with Crippen LogP contribution in [-0.4, -0.2) is 47.4 Å². The Balaban J connectivity index is 1.53. The van der Waals surface area contributed by atoms with Crippen LogP contribution < -0.4 is 4.90 Å². The number of benzene rings is 1. The summed E-state index contributed by atoms with van der Waals surface area (Å²) in [5, 5.41) is 4.36. The largest absolute Gasteiger partial charge is 0.369 e. The molecule has 118 valence electrons. The highest BCUT2D eigenvalue weighted by molar-refractivity contribution is 5.55. The van der Waals surface area contributed by atoms with Crippen LogP contribution in [0.2, 0.25) is 0 Å². The summed E-state index contributed by atoms with van der Waals surface area (Å²) in [4.78, 5) is 5.07. The maximum Gasteiger partial charge on any atom is 0.0536 e. The molecule has 0 radical (unpaired) electrons. The lowest BCUT2D eigenvalue weighted by Gasteiger charge is -2.37. The van der Waals surface area contributed by atoms with Crippen LogP contribution in [0.3, 0.4) is 0 Å². The first-order valence-electron chi connectivity index (χ1n) is 8.15. The van der Waals surface area contributed by atoms with Gasteiger partial charge in [0.2, 0.25) is 0 Å². The van der Waals surface area contributed by atoms with Gasteiger partial charge < -0.3 is 4.90 Å². The van der Waals surface area contributed by atoms with E-state index < -0.39 is 0 Å². The van der Waals surface area contributed by atoms with Crippen LogP contribution in [0.5, 0.6) is 0 Å². The topological polar surface area (TPSA) is 24.3 Å². The number of aryl methyl sites for hydroxylation is 3. The predicted molar refractivity (Wildman–Crippen MR) is 91.5 cm³/mol. The van der Waals surface area contributed by atoms with E-state index in [0.717, 1.165) is 39.3 Å². The Hall–Kier alpha value is -1.81. The summed E-state index contributed by atoms with van der Waals surface area (Å²) in [6.07, 6.45) is 4.05. The van der Waals surface area contributed by atoms with E-state index in [2.05, 4.69) is 60.1 Å². The molecule has 1 aliphatic rings. The molecular weight excluding hydrogens is 272 g/mol. The first-order valence-corrected chi connectivity index (χ1v) is 8.15. The van der Waals surface area contributed by atoms with Crippen molar-refractivity contribution in [2.75, 3.05) is 37.6 Å². The highest BCUT2D eigenvalue weighted by atomic mass is 15.3. The molecule has 0 amide bonds. The van der Waals surface area contributed by atoms with E-state index in [-0.39, 0.29) is 0 Å². The molecule has 1 aromatic carbocycles. The Bertz CT molecular complexity index is 624. The summed E-state index contributed by atoms with van der Waals surface area (Å²) in [6.45, 7) is 13.0. The zero-order valence-electron chi connectivity index (χ0n) is 13.9. The second kappa shape index (κ2) is 6.53. The van der Waals surface area contributed by atoms with Gasteiger partial charge in [-0.05, 0) is 43.5 Å². The molecule has 0 spiro atoms. The van der Waals surface area contributed by atoms with E-state index >= 15 is 0 Å². The van der Waals surface area contributed by atoms with Gasteiger partial charge in [-0.2, -0.15) is 5.10 Å². The second-order valence-electron chi connectivity index (χ2n) is 6.40. The molecule has 0 bridgehead atoms. The molecule has 0 unspecified atom stereocenters. The van der Waals surface area contributed by atoms with Crippen LogP contribution in [0.15, 0.2) is 30.6 Å². The Morgan fingerprint density at radius 2 is 1.73 bits per heavy atom. The number of aromatic nitrogens is 2. The highest BCUT2D eigenvalue weighted by Crippen LogP contribution is 2.22. The van der Waals surface area contributed by atoms with E-state index in [4.69, 9.17) is 0 Å². The van der Waals surface area contributed by atoms with Crippen molar-refractivity contribution in [3.63, 3.8) is 0 Å². The van der Waals surface area contributed by atoms with Gasteiger partial charge in [0.15, 0.2) is 0 Å². The summed E-state index contributed by atoms with van der Waals surface area (Å²) in [5.41, 5.74) is 5.37. The monoisotopic (exact) mass is 298 g/mol. The molecule has 0 N–H and O–H groups in total. The number of piperazine rings is 1. The standard InChI is InChI=1S/C18H26N4/c1-15-4-5-17(3)18(12-15)21-9-6-20(7-10-21)8-11-22-14-16(2)13-19-22/h4-5,12-14H,6-11H2,1-3H3. The summed E-state index contributed by atoms with van der Waals surface area (Å²) >= 11 is 0. The van der Waals surface area contributed by atoms with Gasteiger partial charge in [0.1, 0.15) is 0 Å². The average molecular weight is 298 g/mol. The van der Waals surface area contributed by atoms with Gasteiger partial charge in [0.25, 0.3) is 0 Å². The van der Waals surface area contributed by atoms with Crippen LogP contribution in [0.4, 0.5) is 5.69 Å². The smallest absolute Gasteiger partial charge is 0.0536 e. The van der Waals surface area contributed by atoms with Crippen LogP contribution in [0, 0.1) is 20.8 Å². The molecule has 3 rings (SSSR count). The SMILES string of the molecule is Cc1ccc(C)c(N2CCN(CCn3cc(C)cn3)CC2)c1. The zero-order valence-corrected chi connectivity index (χ0v) is 13.9. The minimum absolute atomic E-state index is 0.983. The third-order valence-electron chi connectivity index (χ3n) is 4.49. The fraction of sp³-hybridized carbons (Fsp3) is 0.500. The molecule has 0 aliphatic carbocycles. The molecular formula is C18H26N4. The number of nitrogens with zero attached hydrogens (tertiary/aromatic N) is 4. The third-order valence-corrected chi connectivity index (χ3v) is 4.49. The number of rotatable bonds is 4. The lowest BCUT2D eigenvalue weighted by atomic mass is 10.1. The molecule has 1 aliphatic heterocycles. The maximum atomic E-state index is 4.36. The van der Waals surface area contributed by atoms with Crippen LogP contribution in [0.25, 0.3) is 0 Å². The predicted octanol–water partition coefficient (Wildman–Crippen LogP) is 2.63. The number of hydrogen-bond donors (Lipinski definition) is 0. The third kappa shape index (κ3) is 3.50. The highest BCUT2D eigenvalue weighted by Gasteiger charge is 2.18. The van der Waals surface area contributed by atoms with Gasteiger partial charge >= 0.3 is 0 Å². The normalized spacial score (nSPS) is 16.2. The number of anilines is 1. The number of hydrogen-bond acceptors (Lipinski definition) is 3. The van der Waals surface area contributed by atoms with Crippen molar-refractivity contribution in [2.24, 2.45) is 0 Å². The molecule has 1 saturated heterocycles. The summed E-state index contributed by atoms with van der Waals surface area (Å²) in [5.74, 6) is 0. The molecule has 4 heteroatoms. The van der Waals surface area contributed by atoms with Crippen molar-refractivity contribution in [1.82, 2.24) is 14.7 Å². The first-order chi connectivity index (χ1) is 10.6. The summed E-state index contributed by atoms with van der Waals surface area (Å²) < 4.78 is 2.05. The fourth-order valence-corrected chi connectivity index (χ4v) is 3.11. The molecule has 4 nitrogen and oxygen atoms in total. The Labute approximate surface area is 133 Å². The molecule has 0 saturated carbocycles. The van der Waals surface area contributed by atoms with E-state index in [1.807, 2.05) is 10.9 Å². The van der Waals surface area contributed by atoms with Gasteiger partial charge in [0.05, 0.1) is 12.7 Å². The van der Waals surface area contributed by atoms with Gasteiger partial charge in [-0.3, -0.25) is 9.58 Å². The molecule has 2 heterocycles. The van der Waals surface area contributed by atoms with Crippen LogP contribution >= 0.6 is 0 Å². The van der Waals surface area contributed by atoms with E-state index in [0.29, 0.717) is 0 Å². The van der Waals surface area contributed by atoms with E-state index in [9.17, 15) is 0 Å². The first kappa shape index (κ1) is 15.1. The Morgan fingerprint density at radius 3 is 2.41 bits per heavy atom. The second-order valence-corrected chi connectivity index (χ2v) is 6.40. The van der Waals surface area contributed by atoms with Crippen molar-refractivity contribution in [1.29, 1.82) is 0 Å². The van der Waals surface area contributed by atoms with E-state index in [1.54, 1.807) is 0 Å². The van der Waals surface area contributed by atoms with Crippen LogP contribution in [-0.2, 0) is 6.54 Å². The molecule has 22 heavy (non-hydrogen) atoms. The lowest BCUT2D eigenvalue weighted by Crippen LogP contribution is -2.47. The van der Waals surface area contributed by atoms with Crippen molar-refractivity contribution in [3.05, 3.63) is 47.3 Å². The van der Waals surface area contributed by atoms with Crippen molar-refractivity contribution in [3.8, 4) is 0 Å². The van der Waals surface area contributed by atoms with Crippen LogP contribution in [0.1, 0.15) is 16.7 Å². The summed E-state index contributed by atoms with van der Waals surface area (Å²) in [7, 11) is 0. The fourth-order valence-electron chi connectivity index (χ4n) is 3.11. The maximum absolute atomic E-state index is 4.36.